The normalized spacial score (nSPS) is 10.4. The van der Waals surface area contributed by atoms with E-state index in [2.05, 4.69) is 20.6 Å². The second-order valence-electron chi connectivity index (χ2n) is 4.03. The predicted octanol–water partition coefficient (Wildman–Crippen LogP) is 1.16. The molecule has 0 aromatic carbocycles. The third-order valence-electron chi connectivity index (χ3n) is 2.45. The van der Waals surface area contributed by atoms with E-state index in [1.54, 1.807) is 16.9 Å². The van der Waals surface area contributed by atoms with Crippen LogP contribution in [0.3, 0.4) is 0 Å². The molecule has 0 unspecified atom stereocenters. The van der Waals surface area contributed by atoms with Crippen molar-refractivity contribution in [3.63, 3.8) is 0 Å². The highest BCUT2D eigenvalue weighted by molar-refractivity contribution is 5.53. The van der Waals surface area contributed by atoms with Crippen LogP contribution in [0, 0.1) is 0 Å². The summed E-state index contributed by atoms with van der Waals surface area (Å²) in [6, 6.07) is 3.62. The first-order valence-electron chi connectivity index (χ1n) is 6.27. The van der Waals surface area contributed by atoms with Gasteiger partial charge < -0.3 is 15.8 Å². The van der Waals surface area contributed by atoms with Crippen molar-refractivity contribution in [2.24, 2.45) is 0 Å². The van der Waals surface area contributed by atoms with Gasteiger partial charge in [-0.15, -0.1) is 5.10 Å². The number of nitrogen functional groups attached to an aromatic ring is 1. The summed E-state index contributed by atoms with van der Waals surface area (Å²) in [4.78, 5) is 4.33. The van der Waals surface area contributed by atoms with E-state index in [4.69, 9.17) is 10.5 Å². The summed E-state index contributed by atoms with van der Waals surface area (Å²) in [5.41, 5.74) is 6.35. The molecule has 0 radical (unpaired) electrons. The number of hydrogen-bond donors (Lipinski definition) is 2. The zero-order valence-electron chi connectivity index (χ0n) is 10.9. The first kappa shape index (κ1) is 13.1. The van der Waals surface area contributed by atoms with Crippen LogP contribution in [0.15, 0.2) is 24.5 Å². The molecule has 0 aliphatic heterocycles. The Morgan fingerprint density at radius 1 is 1.42 bits per heavy atom. The van der Waals surface area contributed by atoms with Crippen molar-refractivity contribution in [1.29, 1.82) is 0 Å². The predicted molar refractivity (Wildman–Crippen MR) is 72.9 cm³/mol. The number of nitrogens with zero attached hydrogens (tertiary/aromatic N) is 4. The maximum atomic E-state index is 5.80. The molecule has 0 saturated heterocycles. The fourth-order valence-electron chi connectivity index (χ4n) is 1.51. The molecule has 0 saturated carbocycles. The summed E-state index contributed by atoms with van der Waals surface area (Å²) in [6.45, 7) is 4.07. The van der Waals surface area contributed by atoms with Crippen LogP contribution < -0.4 is 15.8 Å². The second kappa shape index (κ2) is 6.58. The second-order valence-corrected chi connectivity index (χ2v) is 4.03. The average molecular weight is 262 g/mol. The van der Waals surface area contributed by atoms with Crippen molar-refractivity contribution < 1.29 is 4.74 Å². The summed E-state index contributed by atoms with van der Waals surface area (Å²) in [6.07, 6.45) is 4.39. The van der Waals surface area contributed by atoms with E-state index in [1.807, 2.05) is 19.2 Å². The van der Waals surface area contributed by atoms with Crippen molar-refractivity contribution in [2.45, 2.75) is 19.9 Å². The Morgan fingerprint density at radius 3 is 3.05 bits per heavy atom. The van der Waals surface area contributed by atoms with Crippen LogP contribution >= 0.6 is 0 Å². The van der Waals surface area contributed by atoms with Gasteiger partial charge in [-0.3, -0.25) is 4.68 Å². The van der Waals surface area contributed by atoms with Gasteiger partial charge in [0.05, 0.1) is 25.0 Å². The molecule has 0 fully saturated rings. The Bertz CT molecular complexity index is 499. The first-order valence-corrected chi connectivity index (χ1v) is 6.27. The van der Waals surface area contributed by atoms with Gasteiger partial charge in [0.15, 0.2) is 0 Å². The number of anilines is 2. The maximum absolute atomic E-state index is 5.80. The standard InChI is InChI=1S/C12H18N6O/c1-2-9-19-12-10(13)3-4-11(16-12)14-5-7-18-8-6-15-17-18/h3-4,6,8H,2,5,7,9,13H2,1H3,(H,14,16). The summed E-state index contributed by atoms with van der Waals surface area (Å²) in [5, 5.41) is 10.8. The van der Waals surface area contributed by atoms with Gasteiger partial charge in [0.1, 0.15) is 5.82 Å². The third kappa shape index (κ3) is 3.84. The van der Waals surface area contributed by atoms with Gasteiger partial charge in [0, 0.05) is 12.7 Å². The van der Waals surface area contributed by atoms with Crippen molar-refractivity contribution >= 4 is 11.5 Å². The Kier molecular flexibility index (Phi) is 4.54. The highest BCUT2D eigenvalue weighted by Gasteiger charge is 2.03. The number of ether oxygens (including phenoxy) is 1. The minimum atomic E-state index is 0.479. The van der Waals surface area contributed by atoms with E-state index in [9.17, 15) is 0 Å². The van der Waals surface area contributed by atoms with Crippen LogP contribution in [0.2, 0.25) is 0 Å². The molecule has 0 aliphatic rings. The van der Waals surface area contributed by atoms with E-state index in [-0.39, 0.29) is 0 Å². The van der Waals surface area contributed by atoms with E-state index in [1.165, 1.54) is 0 Å². The molecule has 2 aromatic heterocycles. The van der Waals surface area contributed by atoms with Crippen LogP contribution in [0.4, 0.5) is 11.5 Å². The number of pyridine rings is 1. The molecule has 7 nitrogen and oxygen atoms in total. The van der Waals surface area contributed by atoms with Gasteiger partial charge in [-0.05, 0) is 18.6 Å². The van der Waals surface area contributed by atoms with E-state index in [0.29, 0.717) is 24.7 Å². The number of nitrogens with two attached hydrogens (primary N) is 1. The van der Waals surface area contributed by atoms with Crippen molar-refractivity contribution in [1.82, 2.24) is 20.0 Å². The van der Waals surface area contributed by atoms with Crippen molar-refractivity contribution in [2.75, 3.05) is 24.2 Å². The highest BCUT2D eigenvalue weighted by atomic mass is 16.5. The molecule has 2 rings (SSSR count). The average Bonchev–Trinajstić information content (AvgIpc) is 2.92. The monoisotopic (exact) mass is 262 g/mol. The van der Waals surface area contributed by atoms with Gasteiger partial charge in [0.25, 0.3) is 0 Å². The molecule has 19 heavy (non-hydrogen) atoms. The zero-order valence-corrected chi connectivity index (χ0v) is 10.9. The van der Waals surface area contributed by atoms with Crippen molar-refractivity contribution in [3.8, 4) is 5.88 Å². The number of hydrogen-bond acceptors (Lipinski definition) is 6. The minimum absolute atomic E-state index is 0.479. The van der Waals surface area contributed by atoms with Crippen LogP contribution in [-0.4, -0.2) is 33.1 Å². The van der Waals surface area contributed by atoms with Gasteiger partial charge in [-0.1, -0.05) is 12.1 Å². The lowest BCUT2D eigenvalue weighted by molar-refractivity contribution is 0.307. The van der Waals surface area contributed by atoms with Crippen molar-refractivity contribution in [3.05, 3.63) is 24.5 Å². The largest absolute Gasteiger partial charge is 0.476 e. The van der Waals surface area contributed by atoms with E-state index < -0.39 is 0 Å². The van der Waals surface area contributed by atoms with E-state index >= 15 is 0 Å². The van der Waals surface area contributed by atoms with Gasteiger partial charge in [-0.2, -0.15) is 4.98 Å². The molecule has 2 heterocycles. The fourth-order valence-corrected chi connectivity index (χ4v) is 1.51. The summed E-state index contributed by atoms with van der Waals surface area (Å²) in [5.74, 6) is 1.22. The minimum Gasteiger partial charge on any atom is -0.476 e. The molecular weight excluding hydrogens is 244 g/mol. The zero-order chi connectivity index (χ0) is 13.5. The molecule has 102 valence electrons. The van der Waals surface area contributed by atoms with Gasteiger partial charge in [-0.25, -0.2) is 0 Å². The molecule has 2 aromatic rings. The Balaban J connectivity index is 1.89. The van der Waals surface area contributed by atoms with E-state index in [0.717, 1.165) is 18.8 Å². The summed E-state index contributed by atoms with van der Waals surface area (Å²) >= 11 is 0. The van der Waals surface area contributed by atoms with Crippen LogP contribution in [0.1, 0.15) is 13.3 Å². The van der Waals surface area contributed by atoms with Gasteiger partial charge in [0.2, 0.25) is 5.88 Å². The molecule has 3 N–H and O–H groups in total. The lowest BCUT2D eigenvalue weighted by Crippen LogP contribution is -2.12. The van der Waals surface area contributed by atoms with Crippen LogP contribution in [0.25, 0.3) is 0 Å². The smallest absolute Gasteiger partial charge is 0.239 e. The molecule has 0 aliphatic carbocycles. The quantitative estimate of drug-likeness (QED) is 0.778. The lowest BCUT2D eigenvalue weighted by Gasteiger charge is -2.10. The summed E-state index contributed by atoms with van der Waals surface area (Å²) < 4.78 is 7.22. The first-order chi connectivity index (χ1) is 9.29. The molecule has 0 amide bonds. The number of nitrogens with one attached hydrogen (secondary N) is 1. The Hall–Kier alpha value is -2.31. The van der Waals surface area contributed by atoms with Crippen LogP contribution in [0.5, 0.6) is 5.88 Å². The maximum Gasteiger partial charge on any atom is 0.239 e. The Morgan fingerprint density at radius 2 is 2.32 bits per heavy atom. The lowest BCUT2D eigenvalue weighted by atomic mass is 10.4. The number of rotatable bonds is 7. The SMILES string of the molecule is CCCOc1nc(NCCn2ccnn2)ccc1N. The van der Waals surface area contributed by atoms with Crippen LogP contribution in [-0.2, 0) is 6.54 Å². The topological polar surface area (TPSA) is 90.9 Å². The summed E-state index contributed by atoms with van der Waals surface area (Å²) in [7, 11) is 0. The molecule has 0 spiro atoms. The molecule has 0 atom stereocenters. The molecule has 0 bridgehead atoms. The molecule has 7 heteroatoms. The number of aromatic nitrogens is 4. The van der Waals surface area contributed by atoms with Gasteiger partial charge >= 0.3 is 0 Å². The third-order valence-corrected chi connectivity index (χ3v) is 2.45. The highest BCUT2D eigenvalue weighted by Crippen LogP contribution is 2.20. The fraction of sp³-hybridized carbons (Fsp3) is 0.417. The Labute approximate surface area is 111 Å². The molecular formula is C12H18N6O.